The van der Waals surface area contributed by atoms with E-state index in [9.17, 15) is 18.0 Å². The van der Waals surface area contributed by atoms with Crippen molar-refractivity contribution in [1.82, 2.24) is 24.6 Å². The predicted octanol–water partition coefficient (Wildman–Crippen LogP) is 3.61. The van der Waals surface area contributed by atoms with Crippen LogP contribution in [0.5, 0.6) is 0 Å². The van der Waals surface area contributed by atoms with Crippen LogP contribution in [0.2, 0.25) is 0 Å². The molecule has 1 atom stereocenters. The lowest BCUT2D eigenvalue weighted by Crippen LogP contribution is -2.39. The minimum absolute atomic E-state index is 0.0852. The standard InChI is InChI=1S/C25H23N5O4S/c1-25(13-7-2-8-14-25)35(33,34)30-16-18(17-9-3-6-12-21(17)30)23(31)29-24(32)26-15-22-27-19-10-4-5-11-20(19)28-22/h2-13,16H,14-15H2,1H3,(H,27,28)(H2,26,29,31,32). The summed E-state index contributed by atoms with van der Waals surface area (Å²) in [5.41, 5.74) is 2.06. The molecule has 3 amide bonds. The Bertz CT molecular complexity index is 1600. The third kappa shape index (κ3) is 4.01. The van der Waals surface area contributed by atoms with Crippen molar-refractivity contribution >= 4 is 43.9 Å². The van der Waals surface area contributed by atoms with Gasteiger partial charge in [0.25, 0.3) is 5.91 Å². The van der Waals surface area contributed by atoms with Gasteiger partial charge in [0.1, 0.15) is 10.6 Å². The van der Waals surface area contributed by atoms with Gasteiger partial charge in [-0.15, -0.1) is 0 Å². The number of imidazole rings is 1. The smallest absolute Gasteiger partial charge is 0.322 e. The molecule has 35 heavy (non-hydrogen) atoms. The lowest BCUT2D eigenvalue weighted by Gasteiger charge is -2.27. The molecule has 178 valence electrons. The van der Waals surface area contributed by atoms with Gasteiger partial charge in [0, 0.05) is 11.6 Å². The van der Waals surface area contributed by atoms with Gasteiger partial charge in [-0.25, -0.2) is 22.2 Å². The van der Waals surface area contributed by atoms with Crippen molar-refractivity contribution in [3.05, 3.63) is 90.4 Å². The Hall–Kier alpha value is -4.18. The summed E-state index contributed by atoms with van der Waals surface area (Å²) in [6.45, 7) is 1.73. The first-order valence-electron chi connectivity index (χ1n) is 11.0. The summed E-state index contributed by atoms with van der Waals surface area (Å²) in [5.74, 6) is -0.166. The van der Waals surface area contributed by atoms with E-state index in [0.717, 1.165) is 15.0 Å². The Labute approximate surface area is 201 Å². The topological polar surface area (TPSA) is 126 Å². The highest BCUT2D eigenvalue weighted by atomic mass is 32.2. The molecule has 2 aromatic carbocycles. The third-order valence-corrected chi connectivity index (χ3v) is 8.37. The van der Waals surface area contributed by atoms with Crippen LogP contribution < -0.4 is 10.6 Å². The molecule has 3 N–H and O–H groups in total. The average molecular weight is 490 g/mol. The van der Waals surface area contributed by atoms with Gasteiger partial charge in [-0.2, -0.15) is 0 Å². The fraction of sp³-hybridized carbons (Fsp3) is 0.160. The van der Waals surface area contributed by atoms with Crippen LogP contribution in [0, 0.1) is 0 Å². The van der Waals surface area contributed by atoms with Gasteiger partial charge in [-0.05, 0) is 31.5 Å². The summed E-state index contributed by atoms with van der Waals surface area (Å²) in [4.78, 5) is 32.9. The van der Waals surface area contributed by atoms with E-state index >= 15 is 0 Å². The molecule has 0 aliphatic heterocycles. The number of amides is 3. The minimum Gasteiger partial charge on any atom is -0.340 e. The number of aromatic nitrogens is 3. The molecule has 0 fully saturated rings. The minimum atomic E-state index is -3.90. The number of hydrogen-bond donors (Lipinski definition) is 3. The van der Waals surface area contributed by atoms with Crippen molar-refractivity contribution in [2.24, 2.45) is 0 Å². The molecule has 5 rings (SSSR count). The number of rotatable bonds is 5. The quantitative estimate of drug-likeness (QED) is 0.395. The van der Waals surface area contributed by atoms with Crippen LogP contribution in [0.15, 0.2) is 79.0 Å². The van der Waals surface area contributed by atoms with Gasteiger partial charge < -0.3 is 10.3 Å². The van der Waals surface area contributed by atoms with E-state index in [1.807, 2.05) is 24.3 Å². The number of fused-ring (bicyclic) bond motifs is 2. The number of nitrogens with zero attached hydrogens (tertiary/aromatic N) is 2. The summed E-state index contributed by atoms with van der Waals surface area (Å²) >= 11 is 0. The Morgan fingerprint density at radius 2 is 1.89 bits per heavy atom. The number of urea groups is 1. The number of hydrogen-bond acceptors (Lipinski definition) is 5. The summed E-state index contributed by atoms with van der Waals surface area (Å²) in [6.07, 6.45) is 8.52. The zero-order valence-corrected chi connectivity index (χ0v) is 19.7. The van der Waals surface area contributed by atoms with Crippen molar-refractivity contribution in [2.75, 3.05) is 0 Å². The molecule has 0 radical (unpaired) electrons. The summed E-state index contributed by atoms with van der Waals surface area (Å²) in [5, 5.41) is 5.31. The summed E-state index contributed by atoms with van der Waals surface area (Å²) < 4.78 is 27.1. The van der Waals surface area contributed by atoms with E-state index in [-0.39, 0.29) is 12.1 Å². The van der Waals surface area contributed by atoms with Gasteiger partial charge in [0.2, 0.25) is 10.0 Å². The molecule has 4 aromatic rings. The summed E-state index contributed by atoms with van der Waals surface area (Å²) in [6, 6.07) is 13.5. The highest BCUT2D eigenvalue weighted by molar-refractivity contribution is 7.91. The van der Waals surface area contributed by atoms with Crippen LogP contribution in [0.4, 0.5) is 4.79 Å². The number of carbonyl (C=O) groups excluding carboxylic acids is 2. The van der Waals surface area contributed by atoms with Crippen LogP contribution >= 0.6 is 0 Å². The second-order valence-corrected chi connectivity index (χ2v) is 10.8. The van der Waals surface area contributed by atoms with Gasteiger partial charge in [-0.3, -0.25) is 10.1 Å². The van der Waals surface area contributed by atoms with E-state index in [1.54, 1.807) is 55.5 Å². The predicted molar refractivity (Wildman–Crippen MR) is 133 cm³/mol. The lowest BCUT2D eigenvalue weighted by atomic mass is 10.0. The third-order valence-electron chi connectivity index (χ3n) is 6.07. The molecule has 0 bridgehead atoms. The highest BCUT2D eigenvalue weighted by Crippen LogP contribution is 2.32. The SMILES string of the molecule is CC1(S(=O)(=O)n2cc(C(=O)NC(=O)NCc3nc4ccccc4[nH]3)c3ccccc32)C=CC=CC1. The van der Waals surface area contributed by atoms with Gasteiger partial charge in [0.05, 0.1) is 28.7 Å². The molecule has 0 saturated heterocycles. The maximum Gasteiger partial charge on any atom is 0.322 e. The van der Waals surface area contributed by atoms with E-state index < -0.39 is 26.7 Å². The van der Waals surface area contributed by atoms with Crippen molar-refractivity contribution in [2.45, 2.75) is 24.6 Å². The average Bonchev–Trinajstić information content (AvgIpc) is 3.45. The molecule has 0 saturated carbocycles. The zero-order chi connectivity index (χ0) is 24.6. The fourth-order valence-corrected chi connectivity index (χ4v) is 5.79. The number of H-pyrrole nitrogens is 1. The zero-order valence-electron chi connectivity index (χ0n) is 18.9. The normalized spacial score (nSPS) is 17.6. The number of carbonyl (C=O) groups is 2. The number of para-hydroxylation sites is 3. The molecular weight excluding hydrogens is 466 g/mol. The number of aromatic amines is 1. The van der Waals surface area contributed by atoms with Crippen LogP contribution in [-0.2, 0) is 16.6 Å². The molecular formula is C25H23N5O4S. The van der Waals surface area contributed by atoms with Gasteiger partial charge >= 0.3 is 6.03 Å². The van der Waals surface area contributed by atoms with E-state index in [1.165, 1.54) is 6.20 Å². The molecule has 9 nitrogen and oxygen atoms in total. The Balaban J connectivity index is 1.37. The monoisotopic (exact) mass is 489 g/mol. The number of allylic oxidation sites excluding steroid dienone is 3. The van der Waals surface area contributed by atoms with Crippen LogP contribution in [0.25, 0.3) is 21.9 Å². The molecule has 2 aromatic heterocycles. The maximum absolute atomic E-state index is 13.6. The lowest BCUT2D eigenvalue weighted by molar-refractivity contribution is 0.0965. The van der Waals surface area contributed by atoms with Gasteiger partial charge in [-0.1, -0.05) is 54.6 Å². The molecule has 1 unspecified atom stereocenters. The molecule has 1 aliphatic rings. The molecule has 2 heterocycles. The van der Waals surface area contributed by atoms with Gasteiger partial charge in [0.15, 0.2) is 0 Å². The van der Waals surface area contributed by atoms with E-state index in [2.05, 4.69) is 20.6 Å². The summed E-state index contributed by atoms with van der Waals surface area (Å²) in [7, 11) is -3.90. The first-order valence-corrected chi connectivity index (χ1v) is 12.4. The molecule has 1 aliphatic carbocycles. The van der Waals surface area contributed by atoms with Crippen molar-refractivity contribution in [1.29, 1.82) is 0 Å². The number of benzene rings is 2. The van der Waals surface area contributed by atoms with Crippen LogP contribution in [0.1, 0.15) is 29.5 Å². The van der Waals surface area contributed by atoms with Crippen LogP contribution in [0.3, 0.4) is 0 Å². The Kier molecular flexibility index (Phi) is 5.52. The van der Waals surface area contributed by atoms with Crippen LogP contribution in [-0.4, -0.2) is 39.0 Å². The fourth-order valence-electron chi connectivity index (χ4n) is 4.12. The first kappa shape index (κ1) is 22.6. The number of imide groups is 1. The largest absolute Gasteiger partial charge is 0.340 e. The molecule has 0 spiro atoms. The maximum atomic E-state index is 13.6. The molecule has 10 heteroatoms. The second-order valence-electron chi connectivity index (χ2n) is 8.50. The highest BCUT2D eigenvalue weighted by Gasteiger charge is 2.39. The van der Waals surface area contributed by atoms with E-state index in [0.29, 0.717) is 23.1 Å². The van der Waals surface area contributed by atoms with Crippen molar-refractivity contribution in [3.63, 3.8) is 0 Å². The Morgan fingerprint density at radius 3 is 2.66 bits per heavy atom. The first-order chi connectivity index (χ1) is 16.8. The second kappa shape index (κ2) is 8.55. The van der Waals surface area contributed by atoms with E-state index in [4.69, 9.17) is 0 Å². The van der Waals surface area contributed by atoms with Crippen molar-refractivity contribution in [3.8, 4) is 0 Å². The number of nitrogens with one attached hydrogen (secondary N) is 3. The Morgan fingerprint density at radius 1 is 1.11 bits per heavy atom. The van der Waals surface area contributed by atoms with Crippen molar-refractivity contribution < 1.29 is 18.0 Å².